The first-order chi connectivity index (χ1) is 8.06. The van der Waals surface area contributed by atoms with Crippen LogP contribution in [0.25, 0.3) is 0 Å². The Morgan fingerprint density at radius 1 is 1.35 bits per heavy atom. The summed E-state index contributed by atoms with van der Waals surface area (Å²) in [5.41, 5.74) is -0.262. The van der Waals surface area contributed by atoms with Crippen LogP contribution in [-0.4, -0.2) is 26.0 Å². The molecular formula is C12H16F2N2O. The molecule has 0 aliphatic heterocycles. The highest BCUT2D eigenvalue weighted by Gasteiger charge is 2.15. The lowest BCUT2D eigenvalue weighted by Gasteiger charge is -2.12. The number of benzene rings is 1. The fourth-order valence-electron chi connectivity index (χ4n) is 1.46. The standard InChI is InChI=1S/C12H16F2N2O/c1-8(6-15-2)7-16-12(17)9-4-3-5-10(13)11(9)14/h3-5,8,15H,6-7H2,1-2H3,(H,16,17)/t8-/m0/s1. The average molecular weight is 242 g/mol. The first-order valence-corrected chi connectivity index (χ1v) is 5.43. The number of nitrogens with one attached hydrogen (secondary N) is 2. The van der Waals surface area contributed by atoms with Crippen LogP contribution in [0.3, 0.4) is 0 Å². The Balaban J connectivity index is 2.61. The zero-order valence-corrected chi connectivity index (χ0v) is 9.89. The van der Waals surface area contributed by atoms with E-state index in [9.17, 15) is 13.6 Å². The van der Waals surface area contributed by atoms with Crippen LogP contribution in [-0.2, 0) is 0 Å². The van der Waals surface area contributed by atoms with Crippen molar-refractivity contribution in [3.05, 3.63) is 35.4 Å². The van der Waals surface area contributed by atoms with Crippen LogP contribution in [0, 0.1) is 17.6 Å². The van der Waals surface area contributed by atoms with Gasteiger partial charge in [0.15, 0.2) is 11.6 Å². The molecule has 0 radical (unpaired) electrons. The van der Waals surface area contributed by atoms with Crippen LogP contribution in [0.5, 0.6) is 0 Å². The summed E-state index contributed by atoms with van der Waals surface area (Å²) in [6, 6.07) is 3.55. The van der Waals surface area contributed by atoms with Crippen molar-refractivity contribution in [3.63, 3.8) is 0 Å². The minimum Gasteiger partial charge on any atom is -0.352 e. The molecule has 1 aromatic carbocycles. The SMILES string of the molecule is CNC[C@H](C)CNC(=O)c1cccc(F)c1F. The fourth-order valence-corrected chi connectivity index (χ4v) is 1.46. The molecule has 1 aromatic rings. The first kappa shape index (κ1) is 13.6. The molecule has 94 valence electrons. The Bertz CT molecular complexity index is 396. The number of rotatable bonds is 5. The number of carbonyl (C=O) groups excluding carboxylic acids is 1. The third-order valence-electron chi connectivity index (χ3n) is 2.36. The summed E-state index contributed by atoms with van der Waals surface area (Å²) in [5.74, 6) is -2.49. The molecular weight excluding hydrogens is 226 g/mol. The van der Waals surface area contributed by atoms with Gasteiger partial charge in [-0.25, -0.2) is 8.78 Å². The van der Waals surface area contributed by atoms with Crippen molar-refractivity contribution >= 4 is 5.91 Å². The van der Waals surface area contributed by atoms with E-state index in [1.165, 1.54) is 12.1 Å². The van der Waals surface area contributed by atoms with Crippen molar-refractivity contribution in [1.29, 1.82) is 0 Å². The summed E-state index contributed by atoms with van der Waals surface area (Å²) in [6.07, 6.45) is 0. The Labute approximate surface area is 99.2 Å². The molecule has 5 heteroatoms. The normalized spacial score (nSPS) is 12.2. The summed E-state index contributed by atoms with van der Waals surface area (Å²) in [6.45, 7) is 3.10. The maximum Gasteiger partial charge on any atom is 0.254 e. The van der Waals surface area contributed by atoms with E-state index in [0.717, 1.165) is 12.6 Å². The van der Waals surface area contributed by atoms with Gasteiger partial charge < -0.3 is 10.6 Å². The van der Waals surface area contributed by atoms with Gasteiger partial charge in [-0.2, -0.15) is 0 Å². The molecule has 0 aliphatic carbocycles. The highest BCUT2D eigenvalue weighted by molar-refractivity contribution is 5.94. The zero-order valence-electron chi connectivity index (χ0n) is 9.89. The number of hydrogen-bond donors (Lipinski definition) is 2. The first-order valence-electron chi connectivity index (χ1n) is 5.43. The van der Waals surface area contributed by atoms with Crippen LogP contribution in [0.4, 0.5) is 8.78 Å². The molecule has 0 bridgehead atoms. The molecule has 0 saturated carbocycles. The molecule has 2 N–H and O–H groups in total. The highest BCUT2D eigenvalue weighted by atomic mass is 19.2. The van der Waals surface area contributed by atoms with Crippen LogP contribution in [0.2, 0.25) is 0 Å². The lowest BCUT2D eigenvalue weighted by atomic mass is 10.1. The van der Waals surface area contributed by atoms with Gasteiger partial charge in [-0.05, 0) is 31.6 Å². The largest absolute Gasteiger partial charge is 0.352 e. The van der Waals surface area contributed by atoms with Crippen molar-refractivity contribution in [2.24, 2.45) is 5.92 Å². The topological polar surface area (TPSA) is 41.1 Å². The van der Waals surface area contributed by atoms with Gasteiger partial charge in [0.1, 0.15) is 0 Å². The van der Waals surface area contributed by atoms with E-state index < -0.39 is 17.5 Å². The van der Waals surface area contributed by atoms with Crippen LogP contribution < -0.4 is 10.6 Å². The van der Waals surface area contributed by atoms with Crippen LogP contribution >= 0.6 is 0 Å². The molecule has 1 amide bonds. The summed E-state index contributed by atoms with van der Waals surface area (Å²) < 4.78 is 26.2. The van der Waals surface area contributed by atoms with Gasteiger partial charge in [0.25, 0.3) is 5.91 Å². The number of halogens is 2. The van der Waals surface area contributed by atoms with Gasteiger partial charge in [0.2, 0.25) is 0 Å². The van der Waals surface area contributed by atoms with Crippen LogP contribution in [0.1, 0.15) is 17.3 Å². The van der Waals surface area contributed by atoms with Crippen molar-refractivity contribution < 1.29 is 13.6 Å². The smallest absolute Gasteiger partial charge is 0.254 e. The molecule has 0 unspecified atom stereocenters. The van der Waals surface area contributed by atoms with Gasteiger partial charge in [-0.15, -0.1) is 0 Å². The lowest BCUT2D eigenvalue weighted by Crippen LogP contribution is -2.32. The summed E-state index contributed by atoms with van der Waals surface area (Å²) in [5, 5.41) is 5.53. The van der Waals surface area contributed by atoms with E-state index in [4.69, 9.17) is 0 Å². The predicted molar refractivity (Wildman–Crippen MR) is 61.8 cm³/mol. The second-order valence-electron chi connectivity index (χ2n) is 3.97. The van der Waals surface area contributed by atoms with Gasteiger partial charge in [-0.3, -0.25) is 4.79 Å². The van der Waals surface area contributed by atoms with Gasteiger partial charge >= 0.3 is 0 Å². The Kier molecular flexibility index (Phi) is 5.03. The molecule has 0 fully saturated rings. The van der Waals surface area contributed by atoms with Crippen molar-refractivity contribution in [1.82, 2.24) is 10.6 Å². The lowest BCUT2D eigenvalue weighted by molar-refractivity contribution is 0.0943. The molecule has 3 nitrogen and oxygen atoms in total. The van der Waals surface area contributed by atoms with Gasteiger partial charge in [0, 0.05) is 6.54 Å². The number of carbonyl (C=O) groups is 1. The quantitative estimate of drug-likeness (QED) is 0.822. The number of amides is 1. The molecule has 1 rings (SSSR count). The van der Waals surface area contributed by atoms with Crippen molar-refractivity contribution in [3.8, 4) is 0 Å². The Morgan fingerprint density at radius 2 is 2.06 bits per heavy atom. The van der Waals surface area contributed by atoms with Gasteiger partial charge in [-0.1, -0.05) is 13.0 Å². The average Bonchev–Trinajstić information content (AvgIpc) is 2.30. The molecule has 0 spiro atoms. The predicted octanol–water partition coefficient (Wildman–Crippen LogP) is 1.55. The van der Waals surface area contributed by atoms with Gasteiger partial charge in [0.05, 0.1) is 5.56 Å². The fraction of sp³-hybridized carbons (Fsp3) is 0.417. The minimum atomic E-state index is -1.11. The molecule has 0 heterocycles. The van der Waals surface area contributed by atoms with E-state index in [2.05, 4.69) is 10.6 Å². The minimum absolute atomic E-state index is 0.223. The second-order valence-corrected chi connectivity index (χ2v) is 3.97. The van der Waals surface area contributed by atoms with E-state index in [-0.39, 0.29) is 11.5 Å². The zero-order chi connectivity index (χ0) is 12.8. The molecule has 0 saturated heterocycles. The third kappa shape index (κ3) is 3.78. The van der Waals surface area contributed by atoms with Crippen molar-refractivity contribution in [2.75, 3.05) is 20.1 Å². The summed E-state index contributed by atoms with van der Waals surface area (Å²) in [7, 11) is 1.81. The van der Waals surface area contributed by atoms with E-state index in [1.54, 1.807) is 0 Å². The summed E-state index contributed by atoms with van der Waals surface area (Å²) >= 11 is 0. The Morgan fingerprint density at radius 3 is 2.71 bits per heavy atom. The monoisotopic (exact) mass is 242 g/mol. The number of hydrogen-bond acceptors (Lipinski definition) is 2. The molecule has 0 aromatic heterocycles. The summed E-state index contributed by atoms with van der Waals surface area (Å²) in [4.78, 5) is 11.6. The highest BCUT2D eigenvalue weighted by Crippen LogP contribution is 2.11. The molecule has 1 atom stereocenters. The van der Waals surface area contributed by atoms with Crippen molar-refractivity contribution in [2.45, 2.75) is 6.92 Å². The molecule has 0 aliphatic rings. The second kappa shape index (κ2) is 6.30. The Hall–Kier alpha value is -1.49. The van der Waals surface area contributed by atoms with E-state index in [0.29, 0.717) is 6.54 Å². The maximum atomic E-state index is 13.3. The van der Waals surface area contributed by atoms with E-state index in [1.807, 2.05) is 14.0 Å². The third-order valence-corrected chi connectivity index (χ3v) is 2.36. The van der Waals surface area contributed by atoms with Crippen LogP contribution in [0.15, 0.2) is 18.2 Å². The van der Waals surface area contributed by atoms with E-state index >= 15 is 0 Å². The molecule has 17 heavy (non-hydrogen) atoms. The maximum absolute atomic E-state index is 13.3.